The quantitative estimate of drug-likeness (QED) is 0.402. The average molecular weight is 469 g/mol. The lowest BCUT2D eigenvalue weighted by molar-refractivity contribution is -0.450. The topological polar surface area (TPSA) is 130 Å². The predicted molar refractivity (Wildman–Crippen MR) is 114 cm³/mol. The van der Waals surface area contributed by atoms with E-state index in [0.717, 1.165) is 0 Å². The fraction of sp³-hybridized carbons (Fsp3) is 0.696. The molecule has 2 heterocycles. The first-order chi connectivity index (χ1) is 15.7. The lowest BCUT2D eigenvalue weighted by Gasteiger charge is -2.58. The van der Waals surface area contributed by atoms with Crippen molar-refractivity contribution in [2.75, 3.05) is 7.05 Å². The first-order valence-electron chi connectivity index (χ1n) is 11.5. The van der Waals surface area contributed by atoms with Gasteiger partial charge in [-0.25, -0.2) is 4.39 Å². The first kappa shape index (κ1) is 24.5. The number of aliphatic hydroxyl groups excluding tert-OH is 2. The van der Waals surface area contributed by atoms with Crippen LogP contribution in [-0.2, 0) is 25.4 Å². The van der Waals surface area contributed by atoms with Crippen LogP contribution in [0.5, 0.6) is 0 Å². The summed E-state index contributed by atoms with van der Waals surface area (Å²) in [6, 6.07) is 4.13. The summed E-state index contributed by atoms with van der Waals surface area (Å²) in [7, 11) is 1.66. The van der Waals surface area contributed by atoms with E-state index in [2.05, 4.69) is 10.6 Å². The highest BCUT2D eigenvalue weighted by atomic mass is 19.1. The van der Waals surface area contributed by atoms with Crippen LogP contribution in [0, 0.1) is 11.7 Å². The summed E-state index contributed by atoms with van der Waals surface area (Å²) >= 11 is 0. The molecule has 0 spiro atoms. The van der Waals surface area contributed by atoms with Crippen molar-refractivity contribution in [3.05, 3.63) is 35.6 Å². The number of benzene rings is 1. The SMILES string of the molecule is CC[C@@H]1[C@H](O)[C@H](NC)C2O[C@]3(O)C(OC2[C@H]1O)O[C@H](C)C[C@H]3NC(=O)Cc1ccc(F)cc1. The second kappa shape index (κ2) is 9.53. The number of aliphatic hydroxyl groups is 3. The third kappa shape index (κ3) is 4.53. The van der Waals surface area contributed by atoms with Crippen LogP contribution in [-0.4, -0.2) is 83.0 Å². The number of carbonyl (C=O) groups is 1. The van der Waals surface area contributed by atoms with E-state index in [-0.39, 0.29) is 24.9 Å². The van der Waals surface area contributed by atoms with Gasteiger partial charge < -0.3 is 40.2 Å². The van der Waals surface area contributed by atoms with E-state index in [4.69, 9.17) is 14.2 Å². The zero-order chi connectivity index (χ0) is 23.9. The molecule has 3 aliphatic rings. The van der Waals surface area contributed by atoms with Gasteiger partial charge in [0.15, 0.2) is 0 Å². The minimum atomic E-state index is -2.03. The number of fused-ring (bicyclic) bond motifs is 2. The zero-order valence-electron chi connectivity index (χ0n) is 19.0. The minimum absolute atomic E-state index is 0.00553. The summed E-state index contributed by atoms with van der Waals surface area (Å²) < 4.78 is 31.1. The molecule has 1 aliphatic carbocycles. The molecule has 1 amide bonds. The Labute approximate surface area is 192 Å². The number of halogens is 1. The number of amides is 1. The molecular weight excluding hydrogens is 435 g/mol. The molecule has 3 fully saturated rings. The van der Waals surface area contributed by atoms with Crippen molar-refractivity contribution >= 4 is 5.91 Å². The second-order valence-electron chi connectivity index (χ2n) is 9.24. The Morgan fingerprint density at radius 3 is 2.52 bits per heavy atom. The highest BCUT2D eigenvalue weighted by Crippen LogP contribution is 2.43. The molecule has 33 heavy (non-hydrogen) atoms. The number of rotatable bonds is 5. The normalized spacial score (nSPS) is 42.8. The van der Waals surface area contributed by atoms with Crippen molar-refractivity contribution in [3.8, 4) is 0 Å². The molecule has 0 aromatic heterocycles. The van der Waals surface area contributed by atoms with Crippen molar-refractivity contribution in [3.63, 3.8) is 0 Å². The fourth-order valence-electron chi connectivity index (χ4n) is 5.27. The van der Waals surface area contributed by atoms with Crippen LogP contribution in [0.15, 0.2) is 24.3 Å². The molecule has 1 saturated carbocycles. The number of nitrogens with one attached hydrogen (secondary N) is 2. The maximum atomic E-state index is 13.2. The molecule has 10 heteroatoms. The monoisotopic (exact) mass is 468 g/mol. The Morgan fingerprint density at radius 1 is 1.18 bits per heavy atom. The number of hydrogen-bond acceptors (Lipinski definition) is 8. The van der Waals surface area contributed by atoms with Crippen molar-refractivity contribution in [2.24, 2.45) is 5.92 Å². The molecule has 184 valence electrons. The summed E-state index contributed by atoms with van der Waals surface area (Å²) in [4.78, 5) is 12.7. The van der Waals surface area contributed by atoms with E-state index in [1.807, 2.05) is 6.92 Å². The number of hydrogen-bond donors (Lipinski definition) is 5. The van der Waals surface area contributed by atoms with Crippen LogP contribution in [0.3, 0.4) is 0 Å². The van der Waals surface area contributed by atoms with Crippen molar-refractivity contribution < 1.29 is 38.7 Å². The summed E-state index contributed by atoms with van der Waals surface area (Å²) in [6.45, 7) is 3.66. The third-order valence-electron chi connectivity index (χ3n) is 7.04. The summed E-state index contributed by atoms with van der Waals surface area (Å²) in [5.41, 5.74) is 0.623. The summed E-state index contributed by atoms with van der Waals surface area (Å²) in [6.07, 6.45) is -4.46. The summed E-state index contributed by atoms with van der Waals surface area (Å²) in [5, 5.41) is 39.0. The number of carbonyl (C=O) groups excluding carboxylic acids is 1. The van der Waals surface area contributed by atoms with Crippen LogP contribution in [0.2, 0.25) is 0 Å². The molecule has 4 rings (SSSR count). The zero-order valence-corrected chi connectivity index (χ0v) is 19.0. The van der Waals surface area contributed by atoms with Crippen molar-refractivity contribution in [1.82, 2.24) is 10.6 Å². The van der Waals surface area contributed by atoms with Gasteiger partial charge in [0.2, 0.25) is 18.0 Å². The molecule has 0 radical (unpaired) electrons. The lowest BCUT2D eigenvalue weighted by Crippen LogP contribution is -2.77. The largest absolute Gasteiger partial charge is 0.391 e. The van der Waals surface area contributed by atoms with E-state index in [1.165, 1.54) is 24.3 Å². The van der Waals surface area contributed by atoms with Gasteiger partial charge in [-0.1, -0.05) is 19.1 Å². The Balaban J connectivity index is 1.55. The van der Waals surface area contributed by atoms with Crippen molar-refractivity contribution in [2.45, 2.75) is 87.8 Å². The standard InChI is InChI=1S/C23H33FN2O7/c1-4-14-18(28)17(25-3)20-21(19(14)29)32-22-23(30,33-20)15(9-11(2)31-22)26-16(27)10-12-5-7-13(24)8-6-12/h5-8,11,14-15,17-22,25,28-30H,4,9-10H2,1-3H3,(H,26,27)/t11-,14-,15-,17+,18+,19+,20?,21?,22?,23+/m1/s1. The van der Waals surface area contributed by atoms with Crippen LogP contribution in [0.25, 0.3) is 0 Å². The Morgan fingerprint density at radius 2 is 1.88 bits per heavy atom. The fourth-order valence-corrected chi connectivity index (χ4v) is 5.27. The van der Waals surface area contributed by atoms with Gasteiger partial charge in [-0.3, -0.25) is 4.79 Å². The van der Waals surface area contributed by atoms with Crippen LogP contribution >= 0.6 is 0 Å². The van der Waals surface area contributed by atoms with E-state index in [9.17, 15) is 24.5 Å². The van der Waals surface area contributed by atoms with Crippen LogP contribution in [0.4, 0.5) is 4.39 Å². The average Bonchev–Trinajstić information content (AvgIpc) is 2.76. The van der Waals surface area contributed by atoms with Gasteiger partial charge in [-0.2, -0.15) is 0 Å². The van der Waals surface area contributed by atoms with Gasteiger partial charge in [-0.05, 0) is 44.5 Å². The molecule has 5 N–H and O–H groups in total. The molecule has 2 aliphatic heterocycles. The number of ether oxygens (including phenoxy) is 3. The van der Waals surface area contributed by atoms with Gasteiger partial charge in [0, 0.05) is 5.92 Å². The first-order valence-corrected chi connectivity index (χ1v) is 11.5. The van der Waals surface area contributed by atoms with Gasteiger partial charge >= 0.3 is 0 Å². The predicted octanol–water partition coefficient (Wildman–Crippen LogP) is -0.190. The molecule has 3 unspecified atom stereocenters. The highest BCUT2D eigenvalue weighted by molar-refractivity contribution is 5.79. The lowest BCUT2D eigenvalue weighted by atomic mass is 9.74. The van der Waals surface area contributed by atoms with Crippen LogP contribution < -0.4 is 10.6 Å². The van der Waals surface area contributed by atoms with Gasteiger partial charge in [0.05, 0.1) is 36.8 Å². The van der Waals surface area contributed by atoms with E-state index >= 15 is 0 Å². The Kier molecular flexibility index (Phi) is 7.07. The second-order valence-corrected chi connectivity index (χ2v) is 9.24. The van der Waals surface area contributed by atoms with Crippen molar-refractivity contribution in [1.29, 1.82) is 0 Å². The highest BCUT2D eigenvalue weighted by Gasteiger charge is 2.63. The number of likely N-dealkylation sites (N-methyl/N-ethyl adjacent to an activating group) is 1. The maximum Gasteiger partial charge on any atom is 0.239 e. The van der Waals surface area contributed by atoms with Gasteiger partial charge in [-0.15, -0.1) is 0 Å². The maximum absolute atomic E-state index is 13.2. The van der Waals surface area contributed by atoms with E-state index < -0.39 is 60.3 Å². The smallest absolute Gasteiger partial charge is 0.239 e. The van der Waals surface area contributed by atoms with Gasteiger partial charge in [0.25, 0.3) is 0 Å². The molecular formula is C23H33FN2O7. The van der Waals surface area contributed by atoms with E-state index in [0.29, 0.717) is 12.0 Å². The third-order valence-corrected chi connectivity index (χ3v) is 7.04. The molecule has 1 aromatic rings. The molecule has 0 bridgehead atoms. The Hall–Kier alpha value is -1.66. The summed E-state index contributed by atoms with van der Waals surface area (Å²) in [5.74, 6) is -3.23. The molecule has 10 atom stereocenters. The van der Waals surface area contributed by atoms with Crippen LogP contribution in [0.1, 0.15) is 32.3 Å². The molecule has 9 nitrogen and oxygen atoms in total. The van der Waals surface area contributed by atoms with E-state index in [1.54, 1.807) is 14.0 Å². The van der Waals surface area contributed by atoms with Gasteiger partial charge in [0.1, 0.15) is 18.0 Å². The Bertz CT molecular complexity index is 843. The molecule has 2 saturated heterocycles. The minimum Gasteiger partial charge on any atom is -0.391 e. The molecule has 1 aromatic carbocycles.